The number of ether oxygens (including phenoxy) is 3. The predicted octanol–water partition coefficient (Wildman–Crippen LogP) is 2.19. The van der Waals surface area contributed by atoms with Gasteiger partial charge in [-0.25, -0.2) is 4.79 Å². The topological polar surface area (TPSA) is 68.5 Å². The number of benzene rings is 1. The molecule has 0 saturated carbocycles. The van der Waals surface area contributed by atoms with E-state index in [0.29, 0.717) is 12.2 Å². The van der Waals surface area contributed by atoms with Crippen LogP contribution in [0, 0.1) is 11.3 Å². The molecule has 102 valence electrons. The Hall–Kier alpha value is -2.29. The summed E-state index contributed by atoms with van der Waals surface area (Å²) in [5, 5.41) is 8.77. The van der Waals surface area contributed by atoms with Gasteiger partial charge in [0.25, 0.3) is 0 Å². The lowest BCUT2D eigenvalue weighted by Crippen LogP contribution is -2.25. The van der Waals surface area contributed by atoms with E-state index in [-0.39, 0.29) is 18.1 Å². The Bertz CT molecular complexity index is 484. The van der Waals surface area contributed by atoms with E-state index in [0.717, 1.165) is 0 Å². The fourth-order valence-electron chi connectivity index (χ4n) is 1.31. The average Bonchev–Trinajstić information content (AvgIpc) is 2.41. The third-order valence-electron chi connectivity index (χ3n) is 2.07. The molecule has 1 unspecified atom stereocenters. The lowest BCUT2D eigenvalue weighted by atomic mass is 10.2. The van der Waals surface area contributed by atoms with Gasteiger partial charge in [-0.05, 0) is 26.0 Å². The van der Waals surface area contributed by atoms with Gasteiger partial charge >= 0.3 is 12.3 Å². The number of carbonyl (C=O) groups excluding carboxylic acids is 1. The van der Waals surface area contributed by atoms with Crippen LogP contribution >= 0.6 is 0 Å². The Labute approximate surface area is 110 Å². The van der Waals surface area contributed by atoms with Crippen molar-refractivity contribution < 1.29 is 23.4 Å². The molecule has 0 heterocycles. The van der Waals surface area contributed by atoms with Crippen molar-refractivity contribution in [2.45, 2.75) is 20.2 Å². The molecule has 0 bridgehead atoms. The number of hydrogen-bond donors (Lipinski definition) is 0. The normalized spacial score (nSPS) is 11.3. The summed E-state index contributed by atoms with van der Waals surface area (Å²) < 4.78 is 28.0. The minimum absolute atomic E-state index is 0.0430. The number of halogens is 1. The number of nitrogens with zero attached hydrogens (tertiary/aromatic N) is 1. The monoisotopic (exact) mass is 267 g/mol. The quantitative estimate of drug-likeness (QED) is 0.739. The number of rotatable bonds is 6. The van der Waals surface area contributed by atoms with E-state index >= 15 is 0 Å². The summed E-state index contributed by atoms with van der Waals surface area (Å²) in [7, 11) is 0. The van der Waals surface area contributed by atoms with Gasteiger partial charge in [-0.2, -0.15) is 9.65 Å². The van der Waals surface area contributed by atoms with Gasteiger partial charge in [0.2, 0.25) is 0 Å². The predicted molar refractivity (Wildman–Crippen MR) is 64.5 cm³/mol. The smallest absolute Gasteiger partial charge is 0.381 e. The zero-order valence-corrected chi connectivity index (χ0v) is 10.7. The Kier molecular flexibility index (Phi) is 5.61. The van der Waals surface area contributed by atoms with Crippen LogP contribution in [0.3, 0.4) is 0 Å². The first kappa shape index (κ1) is 14.8. The van der Waals surface area contributed by atoms with Crippen LogP contribution in [-0.2, 0) is 9.53 Å². The van der Waals surface area contributed by atoms with Crippen LogP contribution in [-0.4, -0.2) is 25.5 Å². The van der Waals surface area contributed by atoms with E-state index in [9.17, 15) is 9.18 Å². The van der Waals surface area contributed by atoms with Crippen molar-refractivity contribution in [2.75, 3.05) is 13.2 Å². The molecule has 5 nitrogen and oxygen atoms in total. The zero-order valence-electron chi connectivity index (χ0n) is 10.7. The van der Waals surface area contributed by atoms with Gasteiger partial charge in [0, 0.05) is 6.07 Å². The van der Waals surface area contributed by atoms with Crippen LogP contribution in [0.5, 0.6) is 11.5 Å². The van der Waals surface area contributed by atoms with E-state index < -0.39 is 12.3 Å². The Balaban J connectivity index is 2.88. The van der Waals surface area contributed by atoms with Crippen molar-refractivity contribution >= 4 is 5.97 Å². The van der Waals surface area contributed by atoms with Crippen LogP contribution in [0.2, 0.25) is 0 Å². The molecule has 1 rings (SSSR count). The Morgan fingerprint density at radius 3 is 2.68 bits per heavy atom. The second-order valence-corrected chi connectivity index (χ2v) is 3.39. The van der Waals surface area contributed by atoms with Gasteiger partial charge < -0.3 is 14.2 Å². The summed E-state index contributed by atoms with van der Waals surface area (Å²) in [6.45, 7) is 3.69. The van der Waals surface area contributed by atoms with Gasteiger partial charge in [-0.3, -0.25) is 0 Å². The van der Waals surface area contributed by atoms with Gasteiger partial charge in [-0.15, -0.1) is 0 Å². The number of hydrogen-bond acceptors (Lipinski definition) is 5. The summed E-state index contributed by atoms with van der Waals surface area (Å²) in [5.74, 6) is -0.857. The molecule has 19 heavy (non-hydrogen) atoms. The van der Waals surface area contributed by atoms with E-state index in [1.54, 1.807) is 13.8 Å². The Morgan fingerprint density at radius 1 is 1.37 bits per heavy atom. The molecule has 0 fully saturated rings. The maximum Gasteiger partial charge on any atom is 0.381 e. The average molecular weight is 267 g/mol. The second kappa shape index (κ2) is 7.21. The molecule has 0 N–H and O–H groups in total. The highest BCUT2D eigenvalue weighted by Crippen LogP contribution is 2.29. The molecule has 0 aliphatic carbocycles. The third-order valence-corrected chi connectivity index (χ3v) is 2.07. The molecule has 6 heteroatoms. The lowest BCUT2D eigenvalue weighted by molar-refractivity contribution is -0.159. The standard InChI is InChI=1S/C13H14FNO4/c1-3-17-11-7-9(8-15)5-6-10(11)19-12(14)13(16)18-4-2/h5-7,12H,3-4H2,1-2H3. The van der Waals surface area contributed by atoms with Gasteiger partial charge in [0.1, 0.15) is 0 Å². The highest BCUT2D eigenvalue weighted by Gasteiger charge is 2.22. The molecule has 1 aromatic carbocycles. The van der Waals surface area contributed by atoms with E-state index in [4.69, 9.17) is 14.7 Å². The lowest BCUT2D eigenvalue weighted by Gasteiger charge is -2.14. The summed E-state index contributed by atoms with van der Waals surface area (Å²) in [6.07, 6.45) is -2.23. The van der Waals surface area contributed by atoms with Gasteiger partial charge in [-0.1, -0.05) is 0 Å². The molecule has 0 aromatic heterocycles. The first-order valence-electron chi connectivity index (χ1n) is 5.76. The van der Waals surface area contributed by atoms with Crippen LogP contribution in [0.15, 0.2) is 18.2 Å². The van der Waals surface area contributed by atoms with Crippen LogP contribution < -0.4 is 9.47 Å². The highest BCUT2D eigenvalue weighted by molar-refractivity contribution is 5.73. The second-order valence-electron chi connectivity index (χ2n) is 3.39. The van der Waals surface area contributed by atoms with E-state index in [1.165, 1.54) is 18.2 Å². The zero-order chi connectivity index (χ0) is 14.3. The summed E-state index contributed by atoms with van der Waals surface area (Å²) in [4.78, 5) is 11.1. The molecule has 0 amide bonds. The van der Waals surface area contributed by atoms with Crippen LogP contribution in [0.4, 0.5) is 4.39 Å². The molecular formula is C13H14FNO4. The third kappa shape index (κ3) is 4.14. The fourth-order valence-corrected chi connectivity index (χ4v) is 1.31. The minimum atomic E-state index is -2.23. The maximum absolute atomic E-state index is 13.5. The van der Waals surface area contributed by atoms with E-state index in [1.807, 2.05) is 6.07 Å². The number of esters is 1. The van der Waals surface area contributed by atoms with Crippen LogP contribution in [0.1, 0.15) is 19.4 Å². The first-order chi connectivity index (χ1) is 9.12. The van der Waals surface area contributed by atoms with Crippen molar-refractivity contribution in [3.8, 4) is 17.6 Å². The van der Waals surface area contributed by atoms with E-state index in [2.05, 4.69) is 4.74 Å². The minimum Gasteiger partial charge on any atom is -0.490 e. The molecule has 0 aliphatic heterocycles. The van der Waals surface area contributed by atoms with Crippen LogP contribution in [0.25, 0.3) is 0 Å². The van der Waals surface area contributed by atoms with Crippen molar-refractivity contribution in [1.29, 1.82) is 5.26 Å². The number of nitriles is 1. The van der Waals surface area contributed by atoms with Crippen molar-refractivity contribution in [1.82, 2.24) is 0 Å². The molecule has 0 radical (unpaired) electrons. The van der Waals surface area contributed by atoms with Crippen molar-refractivity contribution in [2.24, 2.45) is 0 Å². The molecule has 0 spiro atoms. The molecule has 1 atom stereocenters. The van der Waals surface area contributed by atoms with Crippen molar-refractivity contribution in [3.63, 3.8) is 0 Å². The maximum atomic E-state index is 13.5. The Morgan fingerprint density at radius 2 is 2.11 bits per heavy atom. The molecule has 0 saturated heterocycles. The summed E-state index contributed by atoms with van der Waals surface area (Å²) >= 11 is 0. The fraction of sp³-hybridized carbons (Fsp3) is 0.385. The van der Waals surface area contributed by atoms with Crippen molar-refractivity contribution in [3.05, 3.63) is 23.8 Å². The number of alkyl halides is 1. The number of carbonyl (C=O) groups is 1. The summed E-state index contributed by atoms with van der Waals surface area (Å²) in [5.41, 5.74) is 0.349. The highest BCUT2D eigenvalue weighted by atomic mass is 19.1. The van der Waals surface area contributed by atoms with Gasteiger partial charge in [0.05, 0.1) is 24.8 Å². The SMILES string of the molecule is CCOC(=O)C(F)Oc1ccc(C#N)cc1OCC. The van der Waals surface area contributed by atoms with Gasteiger partial charge in [0.15, 0.2) is 11.5 Å². The summed E-state index contributed by atoms with van der Waals surface area (Å²) in [6, 6.07) is 6.15. The molecular weight excluding hydrogens is 253 g/mol. The molecule has 0 aliphatic rings. The molecule has 1 aromatic rings. The largest absolute Gasteiger partial charge is 0.490 e. The first-order valence-corrected chi connectivity index (χ1v) is 5.76.